The van der Waals surface area contributed by atoms with Gasteiger partial charge in [-0.1, -0.05) is 12.1 Å². The molecule has 4 N–H and O–H groups in total. The van der Waals surface area contributed by atoms with E-state index in [1.165, 1.54) is 4.68 Å². The van der Waals surface area contributed by atoms with Gasteiger partial charge >= 0.3 is 6.03 Å². The summed E-state index contributed by atoms with van der Waals surface area (Å²) in [6.07, 6.45) is 2.34. The van der Waals surface area contributed by atoms with E-state index < -0.39 is 17.5 Å². The predicted molar refractivity (Wildman–Crippen MR) is 73.7 cm³/mol. The zero-order chi connectivity index (χ0) is 15.3. The van der Waals surface area contributed by atoms with E-state index >= 15 is 0 Å². The Morgan fingerprint density at radius 2 is 2.10 bits per heavy atom. The molecule has 0 aromatic carbocycles. The summed E-state index contributed by atoms with van der Waals surface area (Å²) < 4.78 is 1.35. The van der Waals surface area contributed by atoms with Gasteiger partial charge in [0.15, 0.2) is 0 Å². The molecule has 1 atom stereocenters. The zero-order valence-electron chi connectivity index (χ0n) is 12.3. The lowest BCUT2D eigenvalue weighted by atomic mass is 10.1. The summed E-state index contributed by atoms with van der Waals surface area (Å²) >= 11 is 0. The molecule has 20 heavy (non-hydrogen) atoms. The van der Waals surface area contributed by atoms with Gasteiger partial charge in [0, 0.05) is 5.54 Å². The summed E-state index contributed by atoms with van der Waals surface area (Å²) in [7, 11) is 0. The number of amides is 3. The lowest BCUT2D eigenvalue weighted by Crippen LogP contribution is -2.48. The summed E-state index contributed by atoms with van der Waals surface area (Å²) in [6.45, 7) is 7.33. The SMILES string of the molecule is CCC(N)c1cn(CC(=O)NC(=O)NC(C)(C)C)nn1. The van der Waals surface area contributed by atoms with Crippen LogP contribution in [-0.2, 0) is 11.3 Å². The van der Waals surface area contributed by atoms with Crippen LogP contribution in [0.1, 0.15) is 45.9 Å². The largest absolute Gasteiger partial charge is 0.333 e. The van der Waals surface area contributed by atoms with Gasteiger partial charge in [0.05, 0.1) is 17.9 Å². The number of nitrogens with zero attached hydrogens (tertiary/aromatic N) is 3. The fraction of sp³-hybridized carbons (Fsp3) is 0.667. The molecule has 0 radical (unpaired) electrons. The van der Waals surface area contributed by atoms with Crippen molar-refractivity contribution in [1.82, 2.24) is 25.6 Å². The highest BCUT2D eigenvalue weighted by Crippen LogP contribution is 2.08. The Bertz CT molecular complexity index is 477. The molecular formula is C12H22N6O2. The molecule has 1 aromatic heterocycles. The molecule has 0 spiro atoms. The minimum Gasteiger partial charge on any atom is -0.333 e. The van der Waals surface area contributed by atoms with Crippen LogP contribution in [-0.4, -0.2) is 32.5 Å². The second-order valence-corrected chi connectivity index (χ2v) is 5.61. The fourth-order valence-electron chi connectivity index (χ4n) is 1.45. The fourth-order valence-corrected chi connectivity index (χ4v) is 1.45. The summed E-state index contributed by atoms with van der Waals surface area (Å²) in [5, 5.41) is 12.5. The third-order valence-corrected chi connectivity index (χ3v) is 2.42. The smallest absolute Gasteiger partial charge is 0.321 e. The minimum atomic E-state index is -0.534. The van der Waals surface area contributed by atoms with Gasteiger partial charge in [0.2, 0.25) is 5.91 Å². The molecule has 0 bridgehead atoms. The Balaban J connectivity index is 2.50. The van der Waals surface area contributed by atoms with Gasteiger partial charge in [-0.15, -0.1) is 5.10 Å². The summed E-state index contributed by atoms with van der Waals surface area (Å²) in [6, 6.07) is -0.732. The Labute approximate surface area is 118 Å². The number of hydrogen-bond acceptors (Lipinski definition) is 5. The average Bonchev–Trinajstić information content (AvgIpc) is 2.73. The van der Waals surface area contributed by atoms with Crippen molar-refractivity contribution < 1.29 is 9.59 Å². The Morgan fingerprint density at radius 1 is 1.45 bits per heavy atom. The van der Waals surface area contributed by atoms with Crippen LogP contribution in [0.25, 0.3) is 0 Å². The topological polar surface area (TPSA) is 115 Å². The van der Waals surface area contributed by atoms with Crippen molar-refractivity contribution >= 4 is 11.9 Å². The first-order valence-electron chi connectivity index (χ1n) is 6.49. The number of carbonyl (C=O) groups is 2. The number of hydrogen-bond donors (Lipinski definition) is 3. The Morgan fingerprint density at radius 3 is 2.65 bits per heavy atom. The van der Waals surface area contributed by atoms with Crippen molar-refractivity contribution in [2.75, 3.05) is 0 Å². The summed E-state index contributed by atoms with van der Waals surface area (Å²) in [5.74, 6) is -0.465. The number of rotatable bonds is 4. The zero-order valence-corrected chi connectivity index (χ0v) is 12.3. The summed E-state index contributed by atoms with van der Waals surface area (Å²) in [5.41, 5.74) is 6.03. The molecule has 3 amide bonds. The first-order chi connectivity index (χ1) is 9.21. The van der Waals surface area contributed by atoms with E-state index in [-0.39, 0.29) is 12.6 Å². The standard InChI is InChI=1S/C12H22N6O2/c1-5-8(13)9-6-18(17-16-9)7-10(19)14-11(20)15-12(2,3)4/h6,8H,5,7,13H2,1-4H3,(H2,14,15,19,20). The molecule has 1 aromatic rings. The molecule has 112 valence electrons. The number of urea groups is 1. The first kappa shape index (κ1) is 16.1. The van der Waals surface area contributed by atoms with Gasteiger partial charge in [-0.2, -0.15) is 0 Å². The molecule has 0 aliphatic rings. The van der Waals surface area contributed by atoms with Crippen LogP contribution in [0, 0.1) is 0 Å². The highest BCUT2D eigenvalue weighted by Gasteiger charge is 2.16. The second-order valence-electron chi connectivity index (χ2n) is 5.61. The number of nitrogens with two attached hydrogens (primary N) is 1. The molecule has 0 aliphatic heterocycles. The van der Waals surface area contributed by atoms with E-state index in [9.17, 15) is 9.59 Å². The van der Waals surface area contributed by atoms with E-state index in [0.717, 1.165) is 6.42 Å². The van der Waals surface area contributed by atoms with Crippen molar-refractivity contribution in [1.29, 1.82) is 0 Å². The predicted octanol–water partition coefficient (Wildman–Crippen LogP) is 0.312. The van der Waals surface area contributed by atoms with Crippen molar-refractivity contribution in [3.63, 3.8) is 0 Å². The van der Waals surface area contributed by atoms with Crippen LogP contribution in [0.3, 0.4) is 0 Å². The van der Waals surface area contributed by atoms with E-state index in [2.05, 4.69) is 20.9 Å². The molecule has 1 rings (SSSR count). The van der Waals surface area contributed by atoms with E-state index in [1.54, 1.807) is 6.20 Å². The van der Waals surface area contributed by atoms with Crippen LogP contribution < -0.4 is 16.4 Å². The van der Waals surface area contributed by atoms with Crippen LogP contribution in [0.15, 0.2) is 6.20 Å². The molecule has 1 unspecified atom stereocenters. The number of aromatic nitrogens is 3. The molecule has 0 saturated carbocycles. The van der Waals surface area contributed by atoms with Crippen molar-refractivity contribution in [3.05, 3.63) is 11.9 Å². The molecule has 1 heterocycles. The molecule has 0 saturated heterocycles. The van der Waals surface area contributed by atoms with Crippen LogP contribution >= 0.6 is 0 Å². The maximum Gasteiger partial charge on any atom is 0.321 e. The molecule has 0 fully saturated rings. The summed E-state index contributed by atoms with van der Waals surface area (Å²) in [4.78, 5) is 23.2. The van der Waals surface area contributed by atoms with Gasteiger partial charge in [-0.25, -0.2) is 9.48 Å². The number of nitrogens with one attached hydrogen (secondary N) is 2. The Kier molecular flexibility index (Phi) is 5.20. The second kappa shape index (κ2) is 6.47. The van der Waals surface area contributed by atoms with Crippen molar-refractivity contribution in [2.45, 2.75) is 52.2 Å². The quantitative estimate of drug-likeness (QED) is 0.735. The highest BCUT2D eigenvalue weighted by molar-refractivity contribution is 5.94. The van der Waals surface area contributed by atoms with E-state index in [4.69, 9.17) is 5.73 Å². The monoisotopic (exact) mass is 282 g/mol. The van der Waals surface area contributed by atoms with Crippen LogP contribution in [0.5, 0.6) is 0 Å². The van der Waals surface area contributed by atoms with E-state index in [0.29, 0.717) is 5.69 Å². The van der Waals surface area contributed by atoms with E-state index in [1.807, 2.05) is 27.7 Å². The Hall–Kier alpha value is -1.96. The molecule has 8 nitrogen and oxygen atoms in total. The van der Waals surface area contributed by atoms with Gasteiger partial charge < -0.3 is 11.1 Å². The third kappa shape index (κ3) is 5.35. The maximum atomic E-state index is 11.7. The minimum absolute atomic E-state index is 0.0823. The lowest BCUT2D eigenvalue weighted by molar-refractivity contribution is -0.120. The number of imide groups is 1. The van der Waals surface area contributed by atoms with Gasteiger partial charge in [0.1, 0.15) is 6.54 Å². The van der Waals surface area contributed by atoms with Crippen LogP contribution in [0.2, 0.25) is 0 Å². The lowest BCUT2D eigenvalue weighted by Gasteiger charge is -2.20. The van der Waals surface area contributed by atoms with Gasteiger partial charge in [0.25, 0.3) is 0 Å². The van der Waals surface area contributed by atoms with Crippen molar-refractivity contribution in [3.8, 4) is 0 Å². The molecule has 8 heteroatoms. The maximum absolute atomic E-state index is 11.7. The van der Waals surface area contributed by atoms with Crippen LogP contribution in [0.4, 0.5) is 4.79 Å². The normalized spacial score (nSPS) is 12.8. The van der Waals surface area contributed by atoms with Gasteiger partial charge in [-0.05, 0) is 27.2 Å². The average molecular weight is 282 g/mol. The van der Waals surface area contributed by atoms with Crippen molar-refractivity contribution in [2.24, 2.45) is 5.73 Å². The third-order valence-electron chi connectivity index (χ3n) is 2.42. The first-order valence-corrected chi connectivity index (χ1v) is 6.49. The molecule has 0 aliphatic carbocycles. The molecular weight excluding hydrogens is 260 g/mol. The number of carbonyl (C=O) groups excluding carboxylic acids is 2. The highest BCUT2D eigenvalue weighted by atomic mass is 16.2. The van der Waals surface area contributed by atoms with Gasteiger partial charge in [-0.3, -0.25) is 10.1 Å².